The van der Waals surface area contributed by atoms with Gasteiger partial charge in [-0.15, -0.1) is 0 Å². The summed E-state index contributed by atoms with van der Waals surface area (Å²) in [4.78, 5) is 24.2. The van der Waals surface area contributed by atoms with Gasteiger partial charge in [-0.05, 0) is 59.7 Å². The Morgan fingerprint density at radius 2 is 1.10 bits per heavy atom. The lowest BCUT2D eigenvalue weighted by Gasteiger charge is -2.12. The summed E-state index contributed by atoms with van der Waals surface area (Å²) in [6.07, 6.45) is 2.85. The molecule has 4 aromatic rings. The van der Waals surface area contributed by atoms with Crippen LogP contribution < -0.4 is 22.1 Å². The summed E-state index contributed by atoms with van der Waals surface area (Å²) >= 11 is 0. The van der Waals surface area contributed by atoms with E-state index in [9.17, 15) is 9.59 Å². The van der Waals surface area contributed by atoms with Gasteiger partial charge < -0.3 is 30.9 Å². The number of amides is 2. The van der Waals surface area contributed by atoms with Crippen molar-refractivity contribution in [3.63, 3.8) is 0 Å². The zero-order valence-corrected chi connectivity index (χ0v) is 15.7. The quantitative estimate of drug-likeness (QED) is 0.369. The average molecular weight is 402 g/mol. The zero-order chi connectivity index (χ0) is 21.1. The van der Waals surface area contributed by atoms with Gasteiger partial charge in [0.05, 0.1) is 35.3 Å². The Morgan fingerprint density at radius 3 is 1.43 bits per heavy atom. The molecular weight excluding hydrogens is 384 g/mol. The summed E-state index contributed by atoms with van der Waals surface area (Å²) in [5, 5.41) is 5.42. The fourth-order valence-corrected chi connectivity index (χ4v) is 2.90. The van der Waals surface area contributed by atoms with E-state index in [1.54, 1.807) is 48.5 Å². The lowest BCUT2D eigenvalue weighted by Crippen LogP contribution is -2.12. The minimum absolute atomic E-state index is 0.193. The Bertz CT molecular complexity index is 1100. The molecule has 0 saturated carbocycles. The molecule has 0 aliphatic carbocycles. The van der Waals surface area contributed by atoms with Crippen molar-refractivity contribution in [3.05, 3.63) is 84.7 Å². The lowest BCUT2D eigenvalue weighted by molar-refractivity contribution is 0.0989. The molecule has 150 valence electrons. The van der Waals surface area contributed by atoms with E-state index in [0.29, 0.717) is 22.7 Å². The number of carbonyl (C=O) groups is 2. The molecule has 2 aromatic heterocycles. The fraction of sp³-hybridized carbons (Fsp3) is 0. The van der Waals surface area contributed by atoms with Gasteiger partial charge in [0.25, 0.3) is 11.8 Å². The Balaban J connectivity index is 1.51. The second-order valence-corrected chi connectivity index (χ2v) is 6.47. The largest absolute Gasteiger partial charge is 0.459 e. The van der Waals surface area contributed by atoms with Gasteiger partial charge in [0.2, 0.25) is 0 Å². The number of furan rings is 2. The molecule has 0 fully saturated rings. The van der Waals surface area contributed by atoms with Gasteiger partial charge in [0.1, 0.15) is 0 Å². The standard InChI is InChI=1S/C22H18N4O4/c23-15-11-13(5-7-17(15)25-21(27)19-3-1-9-29-19)14-6-8-18(16(24)12-14)26-22(28)20-4-2-10-30-20/h1-12H,23-24H2,(H,25,27)(H,26,28). The van der Waals surface area contributed by atoms with E-state index in [1.807, 2.05) is 12.1 Å². The van der Waals surface area contributed by atoms with E-state index in [0.717, 1.165) is 11.1 Å². The number of hydrogen-bond acceptors (Lipinski definition) is 6. The highest BCUT2D eigenvalue weighted by Gasteiger charge is 2.13. The highest BCUT2D eigenvalue weighted by Crippen LogP contribution is 2.31. The van der Waals surface area contributed by atoms with Crippen LogP contribution in [0.1, 0.15) is 21.1 Å². The Hall–Kier alpha value is -4.46. The maximum atomic E-state index is 12.1. The summed E-state index contributed by atoms with van der Waals surface area (Å²) in [7, 11) is 0. The van der Waals surface area contributed by atoms with Crippen LogP contribution in [0.5, 0.6) is 0 Å². The van der Waals surface area contributed by atoms with E-state index in [2.05, 4.69) is 10.6 Å². The molecule has 0 unspecified atom stereocenters. The van der Waals surface area contributed by atoms with Crippen molar-refractivity contribution >= 4 is 34.6 Å². The van der Waals surface area contributed by atoms with Gasteiger partial charge >= 0.3 is 0 Å². The third kappa shape index (κ3) is 3.88. The summed E-state index contributed by atoms with van der Waals surface area (Å²) < 4.78 is 10.1. The summed E-state index contributed by atoms with van der Waals surface area (Å²) in [6, 6.07) is 16.9. The summed E-state index contributed by atoms with van der Waals surface area (Å²) in [6.45, 7) is 0. The summed E-state index contributed by atoms with van der Waals surface area (Å²) in [5.41, 5.74) is 15.5. The topological polar surface area (TPSA) is 137 Å². The Morgan fingerprint density at radius 1 is 0.667 bits per heavy atom. The smallest absolute Gasteiger partial charge is 0.291 e. The van der Waals surface area contributed by atoms with E-state index in [-0.39, 0.29) is 23.3 Å². The van der Waals surface area contributed by atoms with E-state index >= 15 is 0 Å². The molecule has 8 heteroatoms. The second-order valence-electron chi connectivity index (χ2n) is 6.47. The Kier molecular flexibility index (Phi) is 4.96. The van der Waals surface area contributed by atoms with Crippen LogP contribution in [0.4, 0.5) is 22.7 Å². The minimum Gasteiger partial charge on any atom is -0.459 e. The first-order valence-corrected chi connectivity index (χ1v) is 9.00. The highest BCUT2D eigenvalue weighted by molar-refractivity contribution is 6.05. The second kappa shape index (κ2) is 7.88. The molecule has 0 bridgehead atoms. The molecule has 2 aromatic carbocycles. The number of carbonyl (C=O) groups excluding carboxylic acids is 2. The average Bonchev–Trinajstić information content (AvgIpc) is 3.45. The molecule has 0 atom stereocenters. The number of nitrogens with one attached hydrogen (secondary N) is 2. The van der Waals surface area contributed by atoms with Crippen molar-refractivity contribution in [2.24, 2.45) is 0 Å². The molecule has 2 heterocycles. The van der Waals surface area contributed by atoms with Gasteiger partial charge in [-0.3, -0.25) is 9.59 Å². The van der Waals surface area contributed by atoms with Crippen molar-refractivity contribution < 1.29 is 18.4 Å². The molecule has 0 spiro atoms. The summed E-state index contributed by atoms with van der Waals surface area (Å²) in [5.74, 6) is -0.391. The van der Waals surface area contributed by atoms with Crippen molar-refractivity contribution in [2.45, 2.75) is 0 Å². The van der Waals surface area contributed by atoms with Crippen molar-refractivity contribution in [1.29, 1.82) is 0 Å². The number of anilines is 4. The van der Waals surface area contributed by atoms with Crippen LogP contribution in [-0.4, -0.2) is 11.8 Å². The van der Waals surface area contributed by atoms with Crippen molar-refractivity contribution in [1.82, 2.24) is 0 Å². The number of rotatable bonds is 5. The van der Waals surface area contributed by atoms with Gasteiger partial charge in [-0.2, -0.15) is 0 Å². The van der Waals surface area contributed by atoms with Crippen molar-refractivity contribution in [3.8, 4) is 11.1 Å². The maximum absolute atomic E-state index is 12.1. The van der Waals surface area contributed by atoms with Crippen LogP contribution in [0.25, 0.3) is 11.1 Å². The lowest BCUT2D eigenvalue weighted by atomic mass is 10.0. The van der Waals surface area contributed by atoms with E-state index in [1.165, 1.54) is 12.5 Å². The van der Waals surface area contributed by atoms with Gasteiger partial charge in [0.15, 0.2) is 11.5 Å². The molecule has 6 N–H and O–H groups in total. The zero-order valence-electron chi connectivity index (χ0n) is 15.7. The first-order chi connectivity index (χ1) is 14.5. The predicted molar refractivity (Wildman–Crippen MR) is 114 cm³/mol. The normalized spacial score (nSPS) is 10.5. The SMILES string of the molecule is Nc1cc(-c2ccc(NC(=O)c3ccco3)c(N)c2)ccc1NC(=O)c1ccco1. The number of hydrogen-bond donors (Lipinski definition) is 4. The van der Waals surface area contributed by atoms with Crippen LogP contribution in [0, 0.1) is 0 Å². The predicted octanol–water partition coefficient (Wildman–Crippen LogP) is 4.21. The Labute approximate surface area is 171 Å². The molecule has 0 radical (unpaired) electrons. The minimum atomic E-state index is -0.389. The molecular formula is C22H18N4O4. The van der Waals surface area contributed by atoms with E-state index < -0.39 is 0 Å². The number of nitrogens with two attached hydrogens (primary N) is 2. The van der Waals surface area contributed by atoms with Crippen LogP contribution >= 0.6 is 0 Å². The number of nitrogen functional groups attached to an aromatic ring is 2. The van der Waals surface area contributed by atoms with Crippen LogP contribution in [0.15, 0.2) is 82.0 Å². The maximum Gasteiger partial charge on any atom is 0.291 e. The molecule has 8 nitrogen and oxygen atoms in total. The molecule has 0 aliphatic heterocycles. The van der Waals surface area contributed by atoms with Crippen molar-refractivity contribution in [2.75, 3.05) is 22.1 Å². The van der Waals surface area contributed by atoms with E-state index in [4.69, 9.17) is 20.3 Å². The van der Waals surface area contributed by atoms with Crippen LogP contribution in [0.2, 0.25) is 0 Å². The van der Waals surface area contributed by atoms with Gasteiger partial charge in [-0.25, -0.2) is 0 Å². The molecule has 0 aliphatic rings. The third-order valence-electron chi connectivity index (χ3n) is 4.42. The van der Waals surface area contributed by atoms with Crippen LogP contribution in [0.3, 0.4) is 0 Å². The third-order valence-corrected chi connectivity index (χ3v) is 4.42. The molecule has 2 amide bonds. The monoisotopic (exact) mass is 402 g/mol. The molecule has 4 rings (SSSR count). The fourth-order valence-electron chi connectivity index (χ4n) is 2.90. The molecule has 30 heavy (non-hydrogen) atoms. The number of benzene rings is 2. The highest BCUT2D eigenvalue weighted by atomic mass is 16.3. The first kappa shape index (κ1) is 18.9. The molecule has 0 saturated heterocycles. The van der Waals surface area contributed by atoms with Gasteiger partial charge in [-0.1, -0.05) is 12.1 Å². The van der Waals surface area contributed by atoms with Crippen LogP contribution in [-0.2, 0) is 0 Å². The van der Waals surface area contributed by atoms with Gasteiger partial charge in [0, 0.05) is 0 Å². The first-order valence-electron chi connectivity index (χ1n) is 9.00.